The number of rotatable bonds is 6. The lowest BCUT2D eigenvalue weighted by Gasteiger charge is -2.26. The summed E-state index contributed by atoms with van der Waals surface area (Å²) in [6, 6.07) is 24.3. The molecule has 5 heteroatoms. The molecule has 29 heavy (non-hydrogen) atoms. The lowest BCUT2D eigenvalue weighted by molar-refractivity contribution is -0.115. The molecule has 0 saturated carbocycles. The van der Waals surface area contributed by atoms with Gasteiger partial charge in [0.2, 0.25) is 5.91 Å². The zero-order chi connectivity index (χ0) is 20.1. The number of nitrogens with one attached hydrogen (secondary N) is 2. The zero-order valence-electron chi connectivity index (χ0n) is 16.0. The molecule has 0 aliphatic heterocycles. The second-order valence-corrected chi connectivity index (χ2v) is 8.68. The number of carbonyl (C=O) groups excluding carboxylic acids is 1. The van der Waals surface area contributed by atoms with Crippen LogP contribution < -0.4 is 10.6 Å². The van der Waals surface area contributed by atoms with Crippen molar-refractivity contribution < 1.29 is 4.79 Å². The summed E-state index contributed by atoms with van der Waals surface area (Å²) >= 11 is 7.58. The highest BCUT2D eigenvalue weighted by molar-refractivity contribution is 7.99. The molecule has 2 N–H and O–H groups in total. The van der Waals surface area contributed by atoms with Gasteiger partial charge in [-0.1, -0.05) is 59.8 Å². The van der Waals surface area contributed by atoms with Gasteiger partial charge in [0.25, 0.3) is 0 Å². The molecular formula is C24H23ClN2OS. The van der Waals surface area contributed by atoms with E-state index in [9.17, 15) is 4.79 Å². The number of anilines is 1. The van der Waals surface area contributed by atoms with Crippen LogP contribution in [0.15, 0.2) is 82.6 Å². The quantitative estimate of drug-likeness (QED) is 0.504. The van der Waals surface area contributed by atoms with E-state index in [-0.39, 0.29) is 11.9 Å². The topological polar surface area (TPSA) is 41.1 Å². The van der Waals surface area contributed by atoms with Crippen LogP contribution in [0.3, 0.4) is 0 Å². The summed E-state index contributed by atoms with van der Waals surface area (Å²) in [6.07, 6.45) is 3.33. The zero-order valence-corrected chi connectivity index (χ0v) is 17.6. The van der Waals surface area contributed by atoms with E-state index in [1.807, 2.05) is 48.5 Å². The minimum Gasteiger partial charge on any atom is -0.324 e. The third-order valence-corrected chi connectivity index (χ3v) is 6.42. The summed E-state index contributed by atoms with van der Waals surface area (Å²) in [5.74, 6) is -0.0304. The fraction of sp³-hybridized carbons (Fsp3) is 0.208. The van der Waals surface area contributed by atoms with Crippen molar-refractivity contribution in [2.75, 3.05) is 11.9 Å². The summed E-state index contributed by atoms with van der Waals surface area (Å²) in [4.78, 5) is 14.7. The fourth-order valence-corrected chi connectivity index (χ4v) is 4.69. The average Bonchev–Trinajstić information content (AvgIpc) is 2.75. The second-order valence-electron chi connectivity index (χ2n) is 7.12. The molecular weight excluding hydrogens is 400 g/mol. The summed E-state index contributed by atoms with van der Waals surface area (Å²) in [5, 5.41) is 7.21. The minimum absolute atomic E-state index is 0.0304. The maximum atomic E-state index is 12.6. The summed E-state index contributed by atoms with van der Waals surface area (Å²) in [6.45, 7) is 0.291. The van der Waals surface area contributed by atoms with Gasteiger partial charge in [0.15, 0.2) is 0 Å². The van der Waals surface area contributed by atoms with Gasteiger partial charge in [0.1, 0.15) is 0 Å². The van der Waals surface area contributed by atoms with E-state index in [0.29, 0.717) is 11.6 Å². The molecule has 1 aliphatic carbocycles. The average molecular weight is 423 g/mol. The molecule has 3 aromatic rings. The number of hydrogen-bond donors (Lipinski definition) is 2. The number of fused-ring (bicyclic) bond motifs is 1. The predicted octanol–water partition coefficient (Wildman–Crippen LogP) is 6.10. The molecule has 0 unspecified atom stereocenters. The van der Waals surface area contributed by atoms with Crippen LogP contribution in [0, 0.1) is 0 Å². The number of hydrogen-bond acceptors (Lipinski definition) is 3. The van der Waals surface area contributed by atoms with Crippen molar-refractivity contribution in [1.29, 1.82) is 0 Å². The van der Waals surface area contributed by atoms with Crippen molar-refractivity contribution in [2.24, 2.45) is 0 Å². The van der Waals surface area contributed by atoms with Crippen molar-refractivity contribution in [3.63, 3.8) is 0 Å². The van der Waals surface area contributed by atoms with Crippen LogP contribution in [0.25, 0.3) is 0 Å². The van der Waals surface area contributed by atoms with Gasteiger partial charge in [-0.3, -0.25) is 4.79 Å². The Morgan fingerprint density at radius 3 is 2.62 bits per heavy atom. The molecule has 3 nitrogen and oxygen atoms in total. The normalized spacial score (nSPS) is 15.6. The van der Waals surface area contributed by atoms with Crippen LogP contribution in [0.1, 0.15) is 30.0 Å². The van der Waals surface area contributed by atoms with E-state index >= 15 is 0 Å². The summed E-state index contributed by atoms with van der Waals surface area (Å²) < 4.78 is 0. The molecule has 0 heterocycles. The summed E-state index contributed by atoms with van der Waals surface area (Å²) in [5.41, 5.74) is 3.54. The van der Waals surface area contributed by atoms with E-state index in [2.05, 4.69) is 34.9 Å². The van der Waals surface area contributed by atoms with Crippen molar-refractivity contribution in [3.05, 3.63) is 88.9 Å². The molecule has 1 atom stereocenters. The van der Waals surface area contributed by atoms with Gasteiger partial charge < -0.3 is 10.6 Å². The molecule has 3 aromatic carbocycles. The van der Waals surface area contributed by atoms with E-state index in [0.717, 1.165) is 34.7 Å². The van der Waals surface area contributed by atoms with Crippen LogP contribution in [-0.2, 0) is 11.2 Å². The highest BCUT2D eigenvalue weighted by Gasteiger charge is 2.20. The Bertz CT molecular complexity index is 990. The first-order chi connectivity index (χ1) is 14.2. The SMILES string of the molecule is O=C(CN[C@@H]1CCCc2ccccc21)Nc1ccccc1Sc1ccc(Cl)cc1. The molecule has 4 rings (SSSR count). The van der Waals surface area contributed by atoms with Gasteiger partial charge >= 0.3 is 0 Å². The molecule has 0 spiro atoms. The molecule has 0 radical (unpaired) electrons. The van der Waals surface area contributed by atoms with Crippen molar-refractivity contribution in [2.45, 2.75) is 35.1 Å². The Balaban J connectivity index is 1.39. The maximum absolute atomic E-state index is 12.6. The Morgan fingerprint density at radius 2 is 1.76 bits per heavy atom. The van der Waals surface area contributed by atoms with Gasteiger partial charge in [-0.15, -0.1) is 0 Å². The fourth-order valence-electron chi connectivity index (χ4n) is 3.66. The van der Waals surface area contributed by atoms with Crippen LogP contribution >= 0.6 is 23.4 Å². The Hall–Kier alpha value is -2.27. The van der Waals surface area contributed by atoms with Crippen molar-refractivity contribution >= 4 is 35.0 Å². The molecule has 0 bridgehead atoms. The third kappa shape index (κ3) is 5.21. The third-order valence-electron chi connectivity index (χ3n) is 5.08. The highest BCUT2D eigenvalue weighted by Crippen LogP contribution is 2.34. The van der Waals surface area contributed by atoms with E-state index in [1.165, 1.54) is 11.1 Å². The van der Waals surface area contributed by atoms with Gasteiger partial charge in [-0.05, 0) is 66.8 Å². The lowest BCUT2D eigenvalue weighted by Crippen LogP contribution is -2.33. The second kappa shape index (κ2) is 9.49. The van der Waals surface area contributed by atoms with E-state index in [1.54, 1.807) is 11.8 Å². The van der Waals surface area contributed by atoms with Gasteiger partial charge in [-0.2, -0.15) is 0 Å². The molecule has 1 amide bonds. The first-order valence-corrected chi connectivity index (χ1v) is 11.0. The molecule has 1 aliphatic rings. The van der Waals surface area contributed by atoms with Crippen LogP contribution in [0.4, 0.5) is 5.69 Å². The van der Waals surface area contributed by atoms with E-state index in [4.69, 9.17) is 11.6 Å². The van der Waals surface area contributed by atoms with Gasteiger partial charge in [-0.25, -0.2) is 0 Å². The molecule has 0 aromatic heterocycles. The molecule has 0 fully saturated rings. The molecule has 0 saturated heterocycles. The number of carbonyl (C=O) groups is 1. The number of benzene rings is 3. The number of amides is 1. The van der Waals surface area contributed by atoms with Crippen LogP contribution in [0.2, 0.25) is 5.02 Å². The van der Waals surface area contributed by atoms with Crippen molar-refractivity contribution in [3.8, 4) is 0 Å². The first-order valence-electron chi connectivity index (χ1n) is 9.82. The monoisotopic (exact) mass is 422 g/mol. The Labute approximate surface area is 180 Å². The number of aryl methyl sites for hydroxylation is 1. The Kier molecular flexibility index (Phi) is 6.55. The molecule has 148 valence electrons. The smallest absolute Gasteiger partial charge is 0.238 e. The van der Waals surface area contributed by atoms with Crippen LogP contribution in [0.5, 0.6) is 0 Å². The first kappa shape index (κ1) is 20.0. The minimum atomic E-state index is -0.0304. The van der Waals surface area contributed by atoms with Gasteiger partial charge in [0.05, 0.1) is 12.2 Å². The number of halogens is 1. The summed E-state index contributed by atoms with van der Waals surface area (Å²) in [7, 11) is 0. The maximum Gasteiger partial charge on any atom is 0.238 e. The highest BCUT2D eigenvalue weighted by atomic mass is 35.5. The van der Waals surface area contributed by atoms with E-state index < -0.39 is 0 Å². The Morgan fingerprint density at radius 1 is 1.00 bits per heavy atom. The number of para-hydroxylation sites is 1. The standard InChI is InChI=1S/C24H23ClN2OS/c25-18-12-14-19(15-13-18)29-23-11-4-3-9-22(23)27-24(28)16-26-21-10-5-7-17-6-1-2-8-20(17)21/h1-4,6,8-9,11-15,21,26H,5,7,10,16H2,(H,27,28)/t21-/m1/s1. The predicted molar refractivity (Wildman–Crippen MR) is 121 cm³/mol. The largest absolute Gasteiger partial charge is 0.324 e. The van der Waals surface area contributed by atoms with Crippen LogP contribution in [-0.4, -0.2) is 12.5 Å². The lowest BCUT2D eigenvalue weighted by atomic mass is 9.88. The van der Waals surface area contributed by atoms with Gasteiger partial charge in [0, 0.05) is 20.9 Å². The van der Waals surface area contributed by atoms with Crippen molar-refractivity contribution in [1.82, 2.24) is 5.32 Å².